The lowest BCUT2D eigenvalue weighted by molar-refractivity contribution is -0.138. The quantitative estimate of drug-likeness (QED) is 0.665. The minimum absolute atomic E-state index is 0.0680. The van der Waals surface area contributed by atoms with Crippen molar-refractivity contribution in [2.75, 3.05) is 0 Å². The third-order valence-corrected chi connectivity index (χ3v) is 4.18. The number of rotatable bonds is 7. The summed E-state index contributed by atoms with van der Waals surface area (Å²) in [6, 6.07) is 23.7. The van der Waals surface area contributed by atoms with E-state index in [0.29, 0.717) is 18.6 Å². The molecule has 1 unspecified atom stereocenters. The smallest absolute Gasteiger partial charge is 0.311 e. The van der Waals surface area contributed by atoms with Gasteiger partial charge in [0.1, 0.15) is 18.1 Å². The first kappa shape index (κ1) is 17.5. The number of phenols is 1. The van der Waals surface area contributed by atoms with E-state index in [-0.39, 0.29) is 5.75 Å². The van der Waals surface area contributed by atoms with Crippen LogP contribution in [0.2, 0.25) is 0 Å². The molecule has 0 saturated heterocycles. The molecule has 3 rings (SSSR count). The van der Waals surface area contributed by atoms with Crippen LogP contribution in [0.4, 0.5) is 0 Å². The van der Waals surface area contributed by atoms with Crippen molar-refractivity contribution in [3.8, 4) is 11.5 Å². The lowest BCUT2D eigenvalue weighted by Crippen LogP contribution is -2.14. The van der Waals surface area contributed by atoms with Gasteiger partial charge in [0.2, 0.25) is 0 Å². The molecule has 0 aliphatic carbocycles. The van der Waals surface area contributed by atoms with Gasteiger partial charge in [0.05, 0.1) is 5.92 Å². The largest absolute Gasteiger partial charge is 0.508 e. The summed E-state index contributed by atoms with van der Waals surface area (Å²) in [5, 5.41) is 19.1. The van der Waals surface area contributed by atoms with Gasteiger partial charge in [-0.25, -0.2) is 0 Å². The SMILES string of the molecule is O=C(O)C(Cc1ccc(OCc2ccccc2)cc1)c1cccc(O)c1. The van der Waals surface area contributed by atoms with Crippen molar-refractivity contribution >= 4 is 5.97 Å². The molecule has 0 aliphatic heterocycles. The molecule has 0 saturated carbocycles. The van der Waals surface area contributed by atoms with E-state index in [9.17, 15) is 15.0 Å². The molecule has 0 bridgehead atoms. The fraction of sp³-hybridized carbons (Fsp3) is 0.136. The average molecular weight is 348 g/mol. The van der Waals surface area contributed by atoms with Crippen LogP contribution in [0.1, 0.15) is 22.6 Å². The third kappa shape index (κ3) is 4.63. The van der Waals surface area contributed by atoms with Crippen molar-refractivity contribution in [2.24, 2.45) is 0 Å². The maximum absolute atomic E-state index is 11.6. The maximum Gasteiger partial charge on any atom is 0.311 e. The molecule has 1 atom stereocenters. The Balaban J connectivity index is 1.66. The first-order valence-corrected chi connectivity index (χ1v) is 8.39. The highest BCUT2D eigenvalue weighted by atomic mass is 16.5. The lowest BCUT2D eigenvalue weighted by Gasteiger charge is -2.14. The van der Waals surface area contributed by atoms with Crippen LogP contribution in [0.25, 0.3) is 0 Å². The van der Waals surface area contributed by atoms with Crippen molar-refractivity contribution < 1.29 is 19.7 Å². The molecule has 0 amide bonds. The van der Waals surface area contributed by atoms with Gasteiger partial charge >= 0.3 is 5.97 Å². The molecule has 132 valence electrons. The van der Waals surface area contributed by atoms with Crippen molar-refractivity contribution in [3.05, 3.63) is 95.6 Å². The highest BCUT2D eigenvalue weighted by Gasteiger charge is 2.20. The zero-order chi connectivity index (χ0) is 18.4. The molecule has 26 heavy (non-hydrogen) atoms. The Hall–Kier alpha value is -3.27. The summed E-state index contributed by atoms with van der Waals surface area (Å²) in [4.78, 5) is 11.6. The Kier molecular flexibility index (Phi) is 5.54. The van der Waals surface area contributed by atoms with Crippen LogP contribution in [0.3, 0.4) is 0 Å². The second-order valence-corrected chi connectivity index (χ2v) is 6.11. The number of phenolic OH excluding ortho intramolecular Hbond substituents is 1. The Morgan fingerprint density at radius 1 is 0.885 bits per heavy atom. The predicted octanol–water partition coefficient (Wildman–Crippen LogP) is 4.38. The summed E-state index contributed by atoms with van der Waals surface area (Å²) in [5.41, 5.74) is 2.57. The molecular weight excluding hydrogens is 328 g/mol. The van der Waals surface area contributed by atoms with Crippen molar-refractivity contribution in [3.63, 3.8) is 0 Å². The number of aromatic hydroxyl groups is 1. The Morgan fingerprint density at radius 3 is 2.27 bits per heavy atom. The van der Waals surface area contributed by atoms with Gasteiger partial charge in [-0.1, -0.05) is 54.6 Å². The first-order valence-electron chi connectivity index (χ1n) is 8.39. The number of benzene rings is 3. The maximum atomic E-state index is 11.6. The highest BCUT2D eigenvalue weighted by Crippen LogP contribution is 2.25. The standard InChI is InChI=1S/C22H20O4/c23-19-8-4-7-18(14-19)21(22(24)25)13-16-9-11-20(12-10-16)26-15-17-5-2-1-3-6-17/h1-12,14,21,23H,13,15H2,(H,24,25). The van der Waals surface area contributed by atoms with E-state index in [2.05, 4.69) is 0 Å². The Labute approximate surface area is 152 Å². The van der Waals surface area contributed by atoms with Gasteiger partial charge in [0.15, 0.2) is 0 Å². The minimum Gasteiger partial charge on any atom is -0.508 e. The fourth-order valence-corrected chi connectivity index (χ4v) is 2.79. The number of hydrogen-bond donors (Lipinski definition) is 2. The molecule has 3 aromatic rings. The van der Waals surface area contributed by atoms with E-state index in [4.69, 9.17) is 4.74 Å². The molecule has 0 aromatic heterocycles. The molecule has 2 N–H and O–H groups in total. The summed E-state index contributed by atoms with van der Waals surface area (Å²) >= 11 is 0. The monoisotopic (exact) mass is 348 g/mol. The van der Waals surface area contributed by atoms with Gasteiger partial charge in [0, 0.05) is 0 Å². The van der Waals surface area contributed by atoms with Crippen LogP contribution in [-0.2, 0) is 17.8 Å². The number of ether oxygens (including phenoxy) is 1. The molecule has 0 spiro atoms. The van der Waals surface area contributed by atoms with Gasteiger partial charge in [-0.2, -0.15) is 0 Å². The van der Waals surface area contributed by atoms with E-state index in [0.717, 1.165) is 16.9 Å². The topological polar surface area (TPSA) is 66.8 Å². The molecule has 0 fully saturated rings. The van der Waals surface area contributed by atoms with E-state index in [1.54, 1.807) is 12.1 Å². The zero-order valence-corrected chi connectivity index (χ0v) is 14.2. The fourth-order valence-electron chi connectivity index (χ4n) is 2.79. The lowest BCUT2D eigenvalue weighted by atomic mass is 9.92. The molecule has 0 radical (unpaired) electrons. The number of carboxylic acids is 1. The van der Waals surface area contributed by atoms with Crippen LogP contribution < -0.4 is 4.74 Å². The Morgan fingerprint density at radius 2 is 1.62 bits per heavy atom. The molecule has 4 nitrogen and oxygen atoms in total. The van der Waals surface area contributed by atoms with E-state index >= 15 is 0 Å². The van der Waals surface area contributed by atoms with Crippen LogP contribution in [-0.4, -0.2) is 16.2 Å². The number of carbonyl (C=O) groups is 1. The second kappa shape index (κ2) is 8.21. The van der Waals surface area contributed by atoms with Gasteiger partial charge in [-0.05, 0) is 47.4 Å². The molecule has 3 aromatic carbocycles. The average Bonchev–Trinajstić information content (AvgIpc) is 2.66. The summed E-state index contributed by atoms with van der Waals surface area (Å²) < 4.78 is 5.75. The summed E-state index contributed by atoms with van der Waals surface area (Å²) in [6.07, 6.45) is 0.345. The normalized spacial score (nSPS) is 11.7. The molecular formula is C22H20O4. The van der Waals surface area contributed by atoms with Crippen LogP contribution >= 0.6 is 0 Å². The summed E-state index contributed by atoms with van der Waals surface area (Å²) in [5.74, 6) is -0.821. The minimum atomic E-state index is -0.917. The van der Waals surface area contributed by atoms with Crippen molar-refractivity contribution in [1.29, 1.82) is 0 Å². The van der Waals surface area contributed by atoms with Gasteiger partial charge in [-0.3, -0.25) is 4.79 Å². The summed E-state index contributed by atoms with van der Waals surface area (Å²) in [6.45, 7) is 0.487. The number of aliphatic carboxylic acids is 1. The molecule has 4 heteroatoms. The molecule has 0 aliphatic rings. The predicted molar refractivity (Wildman–Crippen MR) is 99.4 cm³/mol. The van der Waals surface area contributed by atoms with Crippen molar-refractivity contribution in [1.82, 2.24) is 0 Å². The molecule has 0 heterocycles. The first-order chi connectivity index (χ1) is 12.6. The zero-order valence-electron chi connectivity index (χ0n) is 14.2. The third-order valence-electron chi connectivity index (χ3n) is 4.18. The summed E-state index contributed by atoms with van der Waals surface area (Å²) in [7, 11) is 0. The van der Waals surface area contributed by atoms with E-state index in [1.165, 1.54) is 12.1 Å². The van der Waals surface area contributed by atoms with Gasteiger partial charge in [-0.15, -0.1) is 0 Å². The van der Waals surface area contributed by atoms with E-state index in [1.807, 2.05) is 54.6 Å². The van der Waals surface area contributed by atoms with Crippen molar-refractivity contribution in [2.45, 2.75) is 18.9 Å². The highest BCUT2D eigenvalue weighted by molar-refractivity contribution is 5.76. The van der Waals surface area contributed by atoms with Crippen LogP contribution in [0.15, 0.2) is 78.9 Å². The van der Waals surface area contributed by atoms with Crippen LogP contribution in [0.5, 0.6) is 11.5 Å². The van der Waals surface area contributed by atoms with Gasteiger partial charge < -0.3 is 14.9 Å². The van der Waals surface area contributed by atoms with Gasteiger partial charge in [0.25, 0.3) is 0 Å². The number of hydrogen-bond acceptors (Lipinski definition) is 3. The van der Waals surface area contributed by atoms with Crippen LogP contribution in [0, 0.1) is 0 Å². The second-order valence-electron chi connectivity index (χ2n) is 6.11. The van der Waals surface area contributed by atoms with E-state index < -0.39 is 11.9 Å². The number of carboxylic acid groups (broad SMARTS) is 1. The Bertz CT molecular complexity index is 857.